The fraction of sp³-hybridized carbons (Fsp3) is 0.929. The van der Waals surface area contributed by atoms with Gasteiger partial charge in [0.05, 0.1) is 19.3 Å². The molecule has 0 spiro atoms. The molecule has 0 aromatic carbocycles. The van der Waals surface area contributed by atoms with E-state index in [1.54, 1.807) is 0 Å². The third-order valence-corrected chi connectivity index (χ3v) is 4.00. The molecule has 0 bridgehead atoms. The number of nitrogens with zero attached hydrogens (tertiary/aromatic N) is 1. The first-order valence-electron chi connectivity index (χ1n) is 7.20. The first-order valence-corrected chi connectivity index (χ1v) is 7.20. The molecule has 0 aliphatic carbocycles. The van der Waals surface area contributed by atoms with Crippen LogP contribution in [0.2, 0.25) is 0 Å². The van der Waals surface area contributed by atoms with Crippen molar-refractivity contribution in [2.45, 2.75) is 45.3 Å². The summed E-state index contributed by atoms with van der Waals surface area (Å²) in [4.78, 5) is 14.2. The fourth-order valence-corrected chi connectivity index (χ4v) is 3.07. The maximum Gasteiger partial charge on any atom is 0.410 e. The minimum atomic E-state index is -0.453. The van der Waals surface area contributed by atoms with Crippen molar-refractivity contribution in [3.8, 4) is 0 Å². The molecule has 2 aliphatic heterocycles. The number of hydrogen-bond acceptors (Lipinski definition) is 4. The van der Waals surface area contributed by atoms with Crippen molar-refractivity contribution < 1.29 is 14.3 Å². The fourth-order valence-electron chi connectivity index (χ4n) is 3.07. The Labute approximate surface area is 115 Å². The second kappa shape index (κ2) is 5.67. The maximum absolute atomic E-state index is 12.3. The lowest BCUT2D eigenvalue weighted by molar-refractivity contribution is 0.0127. The number of carbonyl (C=O) groups excluding carboxylic acids is 1. The summed E-state index contributed by atoms with van der Waals surface area (Å²) in [6.07, 6.45) is 1.85. The van der Waals surface area contributed by atoms with E-state index in [2.05, 4.69) is 0 Å². The second-order valence-electron chi connectivity index (χ2n) is 6.58. The molecule has 2 saturated heterocycles. The van der Waals surface area contributed by atoms with Crippen molar-refractivity contribution in [1.82, 2.24) is 4.90 Å². The van der Waals surface area contributed by atoms with Gasteiger partial charge in [0.1, 0.15) is 5.60 Å². The predicted octanol–water partition coefficient (Wildman–Crippen LogP) is 1.61. The molecule has 0 aromatic rings. The Morgan fingerprint density at radius 3 is 2.79 bits per heavy atom. The van der Waals surface area contributed by atoms with Gasteiger partial charge in [0.2, 0.25) is 0 Å². The highest BCUT2D eigenvalue weighted by Gasteiger charge is 2.42. The van der Waals surface area contributed by atoms with Gasteiger partial charge in [-0.05, 0) is 46.1 Å². The lowest BCUT2D eigenvalue weighted by Crippen LogP contribution is -2.47. The van der Waals surface area contributed by atoms with E-state index in [4.69, 9.17) is 15.2 Å². The summed E-state index contributed by atoms with van der Waals surface area (Å²) in [6.45, 7) is 8.44. The first kappa shape index (κ1) is 14.6. The molecule has 2 N–H and O–H groups in total. The molecule has 2 heterocycles. The van der Waals surface area contributed by atoms with Crippen LogP contribution in [-0.2, 0) is 9.47 Å². The lowest BCUT2D eigenvalue weighted by atomic mass is 9.86. The van der Waals surface area contributed by atoms with Gasteiger partial charge < -0.3 is 20.1 Å². The molecule has 110 valence electrons. The maximum atomic E-state index is 12.3. The van der Waals surface area contributed by atoms with Gasteiger partial charge in [0, 0.05) is 12.5 Å². The molecule has 3 atom stereocenters. The number of nitrogens with two attached hydrogens (primary N) is 1. The standard InChI is InChI=1S/C14H26N2O3/c1-14(2,3)19-13(17)16-6-4-5-10(7-15)11-8-18-9-12(11)16/h10-12H,4-9,15H2,1-3H3. The van der Waals surface area contributed by atoms with E-state index in [9.17, 15) is 4.79 Å². The number of likely N-dealkylation sites (tertiary alicyclic amines) is 1. The van der Waals surface area contributed by atoms with Gasteiger partial charge in [-0.3, -0.25) is 0 Å². The van der Waals surface area contributed by atoms with Crippen molar-refractivity contribution in [1.29, 1.82) is 0 Å². The summed E-state index contributed by atoms with van der Waals surface area (Å²) in [5.74, 6) is 0.819. The molecular formula is C14H26N2O3. The summed E-state index contributed by atoms with van der Waals surface area (Å²) >= 11 is 0. The molecule has 0 saturated carbocycles. The average Bonchev–Trinajstić information content (AvgIpc) is 2.69. The number of ether oxygens (including phenoxy) is 2. The highest BCUT2D eigenvalue weighted by atomic mass is 16.6. The van der Waals surface area contributed by atoms with Crippen LogP contribution in [-0.4, -0.2) is 48.9 Å². The largest absolute Gasteiger partial charge is 0.444 e. The van der Waals surface area contributed by atoms with Gasteiger partial charge in [-0.15, -0.1) is 0 Å². The van der Waals surface area contributed by atoms with Gasteiger partial charge in [-0.25, -0.2) is 4.79 Å². The second-order valence-corrected chi connectivity index (χ2v) is 6.58. The van der Waals surface area contributed by atoms with Crippen LogP contribution in [0.25, 0.3) is 0 Å². The molecule has 19 heavy (non-hydrogen) atoms. The lowest BCUT2D eigenvalue weighted by Gasteiger charge is -2.33. The zero-order valence-corrected chi connectivity index (χ0v) is 12.2. The Balaban J connectivity index is 2.10. The van der Waals surface area contributed by atoms with Crippen molar-refractivity contribution in [2.75, 3.05) is 26.3 Å². The topological polar surface area (TPSA) is 64.8 Å². The Morgan fingerprint density at radius 1 is 1.42 bits per heavy atom. The predicted molar refractivity (Wildman–Crippen MR) is 72.8 cm³/mol. The third kappa shape index (κ3) is 3.39. The van der Waals surface area contributed by atoms with Crippen LogP contribution in [0.1, 0.15) is 33.6 Å². The van der Waals surface area contributed by atoms with Crippen molar-refractivity contribution in [2.24, 2.45) is 17.6 Å². The van der Waals surface area contributed by atoms with Crippen molar-refractivity contribution >= 4 is 6.09 Å². The normalized spacial score (nSPS) is 31.8. The molecule has 3 unspecified atom stereocenters. The summed E-state index contributed by atoms with van der Waals surface area (Å²) < 4.78 is 11.1. The van der Waals surface area contributed by atoms with Crippen LogP contribution in [0.5, 0.6) is 0 Å². The molecule has 0 aromatic heterocycles. The van der Waals surface area contributed by atoms with Gasteiger partial charge >= 0.3 is 6.09 Å². The Hall–Kier alpha value is -0.810. The van der Waals surface area contributed by atoms with Crippen molar-refractivity contribution in [3.63, 3.8) is 0 Å². The number of amides is 1. The minimum absolute atomic E-state index is 0.130. The average molecular weight is 270 g/mol. The number of rotatable bonds is 1. The van der Waals surface area contributed by atoms with Crippen LogP contribution in [0.15, 0.2) is 0 Å². The van der Waals surface area contributed by atoms with Crippen LogP contribution in [0.4, 0.5) is 4.79 Å². The molecule has 2 rings (SSSR count). The number of hydrogen-bond donors (Lipinski definition) is 1. The Morgan fingerprint density at radius 2 is 2.16 bits per heavy atom. The van der Waals surface area contributed by atoms with E-state index in [-0.39, 0.29) is 12.1 Å². The molecule has 1 amide bonds. The summed E-state index contributed by atoms with van der Waals surface area (Å²) in [6, 6.07) is 0.130. The van der Waals surface area contributed by atoms with E-state index in [0.717, 1.165) is 19.4 Å². The van der Waals surface area contributed by atoms with Gasteiger partial charge in [0.15, 0.2) is 0 Å². The third-order valence-electron chi connectivity index (χ3n) is 4.00. The molecule has 5 heteroatoms. The van der Waals surface area contributed by atoms with E-state index in [1.807, 2.05) is 25.7 Å². The molecular weight excluding hydrogens is 244 g/mol. The Bertz CT molecular complexity index is 327. The van der Waals surface area contributed by atoms with E-state index in [0.29, 0.717) is 31.6 Å². The molecule has 0 radical (unpaired) electrons. The first-order chi connectivity index (χ1) is 8.92. The van der Waals surface area contributed by atoms with E-state index < -0.39 is 5.60 Å². The molecule has 2 fully saturated rings. The van der Waals surface area contributed by atoms with Gasteiger partial charge in [-0.2, -0.15) is 0 Å². The summed E-state index contributed by atoms with van der Waals surface area (Å²) in [7, 11) is 0. The highest BCUT2D eigenvalue weighted by Crippen LogP contribution is 2.33. The summed E-state index contributed by atoms with van der Waals surface area (Å²) in [5, 5.41) is 0. The van der Waals surface area contributed by atoms with Crippen LogP contribution >= 0.6 is 0 Å². The van der Waals surface area contributed by atoms with Gasteiger partial charge in [0.25, 0.3) is 0 Å². The molecule has 5 nitrogen and oxygen atoms in total. The minimum Gasteiger partial charge on any atom is -0.444 e. The quantitative estimate of drug-likeness (QED) is 0.786. The zero-order chi connectivity index (χ0) is 14.0. The molecule has 2 aliphatic rings. The van der Waals surface area contributed by atoms with E-state index in [1.165, 1.54) is 0 Å². The van der Waals surface area contributed by atoms with Crippen LogP contribution < -0.4 is 5.73 Å². The van der Waals surface area contributed by atoms with Crippen LogP contribution in [0.3, 0.4) is 0 Å². The van der Waals surface area contributed by atoms with Crippen molar-refractivity contribution in [3.05, 3.63) is 0 Å². The van der Waals surface area contributed by atoms with E-state index >= 15 is 0 Å². The SMILES string of the molecule is CC(C)(C)OC(=O)N1CCCC(CN)C2COCC21. The smallest absolute Gasteiger partial charge is 0.410 e. The number of carbonyl (C=O) groups is 1. The van der Waals surface area contributed by atoms with Crippen LogP contribution in [0, 0.1) is 11.8 Å². The van der Waals surface area contributed by atoms with Gasteiger partial charge in [-0.1, -0.05) is 0 Å². The monoisotopic (exact) mass is 270 g/mol. The Kier molecular flexibility index (Phi) is 4.36. The highest BCUT2D eigenvalue weighted by molar-refractivity contribution is 5.68. The zero-order valence-electron chi connectivity index (χ0n) is 12.2. The number of fused-ring (bicyclic) bond motifs is 1. The summed E-state index contributed by atoms with van der Waals surface area (Å²) in [5.41, 5.74) is 5.41.